The SMILES string of the molecule is COc1ccccc1NC(=O)N[C@H]1CC(=O)N(c2ccc(C)cc2)C1. The van der Waals surface area contributed by atoms with Crippen LogP contribution in [0, 0.1) is 6.92 Å². The number of hydrogen-bond acceptors (Lipinski definition) is 3. The molecule has 0 aliphatic carbocycles. The van der Waals surface area contributed by atoms with E-state index in [9.17, 15) is 9.59 Å². The second kappa shape index (κ2) is 7.25. The third kappa shape index (κ3) is 3.91. The second-order valence-electron chi connectivity index (χ2n) is 6.04. The van der Waals surface area contributed by atoms with E-state index in [2.05, 4.69) is 10.6 Å². The Bertz CT molecular complexity index is 774. The van der Waals surface area contributed by atoms with E-state index in [4.69, 9.17) is 4.74 Å². The molecule has 0 bridgehead atoms. The number of hydrogen-bond donors (Lipinski definition) is 2. The standard InChI is InChI=1S/C19H21N3O3/c1-13-7-9-15(10-8-13)22-12-14(11-18(22)23)20-19(24)21-16-5-3-4-6-17(16)25-2/h3-10,14H,11-12H2,1-2H3,(H2,20,21,24)/t14-/m0/s1. The first kappa shape index (κ1) is 16.8. The Morgan fingerprint density at radius 3 is 2.60 bits per heavy atom. The zero-order chi connectivity index (χ0) is 17.8. The number of methoxy groups -OCH3 is 1. The molecule has 0 unspecified atom stereocenters. The summed E-state index contributed by atoms with van der Waals surface area (Å²) in [4.78, 5) is 26.2. The summed E-state index contributed by atoms with van der Waals surface area (Å²) in [5.74, 6) is 0.591. The summed E-state index contributed by atoms with van der Waals surface area (Å²) in [5.41, 5.74) is 2.58. The van der Waals surface area contributed by atoms with Gasteiger partial charge in [0.15, 0.2) is 0 Å². The molecule has 3 amide bonds. The van der Waals surface area contributed by atoms with E-state index < -0.39 is 0 Å². The fraction of sp³-hybridized carbons (Fsp3) is 0.263. The molecule has 1 aliphatic rings. The van der Waals surface area contributed by atoms with Gasteiger partial charge in [-0.15, -0.1) is 0 Å². The Morgan fingerprint density at radius 1 is 1.16 bits per heavy atom. The van der Waals surface area contributed by atoms with Crippen molar-refractivity contribution in [3.05, 3.63) is 54.1 Å². The zero-order valence-electron chi connectivity index (χ0n) is 14.3. The molecule has 1 heterocycles. The monoisotopic (exact) mass is 339 g/mol. The predicted octanol–water partition coefficient (Wildman–Crippen LogP) is 2.93. The van der Waals surface area contributed by atoms with Crippen LogP contribution in [0.15, 0.2) is 48.5 Å². The highest BCUT2D eigenvalue weighted by atomic mass is 16.5. The lowest BCUT2D eigenvalue weighted by Crippen LogP contribution is -2.39. The van der Waals surface area contributed by atoms with Crippen molar-refractivity contribution in [1.82, 2.24) is 5.32 Å². The van der Waals surface area contributed by atoms with Crippen molar-refractivity contribution in [2.24, 2.45) is 0 Å². The Morgan fingerprint density at radius 2 is 1.88 bits per heavy atom. The van der Waals surface area contributed by atoms with Crippen LogP contribution in [0.1, 0.15) is 12.0 Å². The summed E-state index contributed by atoms with van der Waals surface area (Å²) in [6.45, 7) is 2.46. The topological polar surface area (TPSA) is 70.7 Å². The van der Waals surface area contributed by atoms with E-state index in [1.54, 1.807) is 24.1 Å². The van der Waals surface area contributed by atoms with Gasteiger partial charge in [0.2, 0.25) is 5.91 Å². The highest BCUT2D eigenvalue weighted by Gasteiger charge is 2.31. The Hall–Kier alpha value is -3.02. The van der Waals surface area contributed by atoms with Crippen LogP contribution in [-0.2, 0) is 4.79 Å². The van der Waals surface area contributed by atoms with Gasteiger partial charge in [-0.2, -0.15) is 0 Å². The minimum atomic E-state index is -0.354. The van der Waals surface area contributed by atoms with Gasteiger partial charge < -0.3 is 20.3 Å². The maximum Gasteiger partial charge on any atom is 0.319 e. The molecule has 0 saturated carbocycles. The van der Waals surface area contributed by atoms with Crippen molar-refractivity contribution in [2.75, 3.05) is 23.9 Å². The Balaban J connectivity index is 1.61. The van der Waals surface area contributed by atoms with Crippen molar-refractivity contribution in [1.29, 1.82) is 0 Å². The van der Waals surface area contributed by atoms with Gasteiger partial charge in [0.05, 0.1) is 18.8 Å². The van der Waals surface area contributed by atoms with Crippen LogP contribution in [0.4, 0.5) is 16.2 Å². The van der Waals surface area contributed by atoms with Crippen LogP contribution < -0.4 is 20.3 Å². The molecule has 3 rings (SSSR count). The number of para-hydroxylation sites is 2. The summed E-state index contributed by atoms with van der Waals surface area (Å²) >= 11 is 0. The molecule has 2 N–H and O–H groups in total. The highest BCUT2D eigenvalue weighted by molar-refractivity contribution is 5.97. The summed E-state index contributed by atoms with van der Waals surface area (Å²) in [6.07, 6.45) is 0.285. The molecular formula is C19H21N3O3. The first-order valence-electron chi connectivity index (χ1n) is 8.14. The number of amides is 3. The van der Waals surface area contributed by atoms with Crippen LogP contribution >= 0.6 is 0 Å². The molecule has 25 heavy (non-hydrogen) atoms. The van der Waals surface area contributed by atoms with Gasteiger partial charge in [0.25, 0.3) is 0 Å². The number of rotatable bonds is 4. The van der Waals surface area contributed by atoms with Crippen molar-refractivity contribution in [3.8, 4) is 5.75 Å². The van der Waals surface area contributed by atoms with Gasteiger partial charge in [-0.1, -0.05) is 29.8 Å². The predicted molar refractivity (Wildman–Crippen MR) is 97.1 cm³/mol. The Labute approximate surface area is 146 Å². The number of aryl methyl sites for hydroxylation is 1. The number of carbonyl (C=O) groups is 2. The Kier molecular flexibility index (Phi) is 4.88. The number of benzene rings is 2. The summed E-state index contributed by atoms with van der Waals surface area (Å²) in [5, 5.41) is 5.61. The lowest BCUT2D eigenvalue weighted by molar-refractivity contribution is -0.117. The summed E-state index contributed by atoms with van der Waals surface area (Å²) in [7, 11) is 1.55. The number of nitrogens with zero attached hydrogens (tertiary/aromatic N) is 1. The lowest BCUT2D eigenvalue weighted by atomic mass is 10.2. The van der Waals surface area contributed by atoms with E-state index in [0.29, 0.717) is 18.0 Å². The average molecular weight is 339 g/mol. The molecule has 1 atom stereocenters. The van der Waals surface area contributed by atoms with Crippen LogP contribution in [-0.4, -0.2) is 31.6 Å². The fourth-order valence-corrected chi connectivity index (χ4v) is 2.87. The first-order valence-corrected chi connectivity index (χ1v) is 8.14. The quantitative estimate of drug-likeness (QED) is 0.900. The molecule has 0 radical (unpaired) electrons. The first-order chi connectivity index (χ1) is 12.1. The molecular weight excluding hydrogens is 318 g/mol. The maximum absolute atomic E-state index is 12.2. The largest absolute Gasteiger partial charge is 0.495 e. The molecule has 0 aromatic heterocycles. The van der Waals surface area contributed by atoms with Crippen LogP contribution in [0.25, 0.3) is 0 Å². The number of anilines is 2. The normalized spacial score (nSPS) is 16.6. The molecule has 1 fully saturated rings. The van der Waals surface area contributed by atoms with E-state index in [0.717, 1.165) is 11.3 Å². The van der Waals surface area contributed by atoms with Crippen LogP contribution in [0.2, 0.25) is 0 Å². The third-order valence-corrected chi connectivity index (χ3v) is 4.16. The number of nitrogens with one attached hydrogen (secondary N) is 2. The molecule has 1 aliphatic heterocycles. The minimum Gasteiger partial charge on any atom is -0.495 e. The lowest BCUT2D eigenvalue weighted by Gasteiger charge is -2.18. The van der Waals surface area contributed by atoms with E-state index in [-0.39, 0.29) is 24.4 Å². The van der Waals surface area contributed by atoms with E-state index in [1.807, 2.05) is 43.3 Å². The van der Waals surface area contributed by atoms with Gasteiger partial charge in [0, 0.05) is 18.7 Å². The molecule has 1 saturated heterocycles. The van der Waals surface area contributed by atoms with Gasteiger partial charge in [-0.25, -0.2) is 4.79 Å². The van der Waals surface area contributed by atoms with Crippen LogP contribution in [0.5, 0.6) is 5.75 Å². The van der Waals surface area contributed by atoms with Gasteiger partial charge in [-0.3, -0.25) is 4.79 Å². The fourth-order valence-electron chi connectivity index (χ4n) is 2.87. The van der Waals surface area contributed by atoms with Crippen molar-refractivity contribution >= 4 is 23.3 Å². The average Bonchev–Trinajstić information content (AvgIpc) is 2.96. The minimum absolute atomic E-state index is 0.00597. The number of ether oxygens (including phenoxy) is 1. The van der Waals surface area contributed by atoms with Crippen molar-refractivity contribution in [3.63, 3.8) is 0 Å². The van der Waals surface area contributed by atoms with Gasteiger partial charge >= 0.3 is 6.03 Å². The molecule has 6 nitrogen and oxygen atoms in total. The van der Waals surface area contributed by atoms with Crippen molar-refractivity contribution in [2.45, 2.75) is 19.4 Å². The number of carbonyl (C=O) groups excluding carboxylic acids is 2. The summed E-state index contributed by atoms with van der Waals surface area (Å²) < 4.78 is 5.21. The molecule has 130 valence electrons. The smallest absolute Gasteiger partial charge is 0.319 e. The molecule has 2 aromatic carbocycles. The van der Waals surface area contributed by atoms with E-state index in [1.165, 1.54) is 0 Å². The molecule has 0 spiro atoms. The zero-order valence-corrected chi connectivity index (χ0v) is 14.3. The van der Waals surface area contributed by atoms with Crippen molar-refractivity contribution < 1.29 is 14.3 Å². The highest BCUT2D eigenvalue weighted by Crippen LogP contribution is 2.24. The number of urea groups is 1. The second-order valence-corrected chi connectivity index (χ2v) is 6.04. The molecule has 6 heteroatoms. The van der Waals surface area contributed by atoms with E-state index >= 15 is 0 Å². The molecule has 2 aromatic rings. The van der Waals surface area contributed by atoms with Crippen LogP contribution in [0.3, 0.4) is 0 Å². The summed E-state index contributed by atoms with van der Waals surface area (Å²) in [6, 6.07) is 14.4. The van der Waals surface area contributed by atoms with Gasteiger partial charge in [0.1, 0.15) is 5.75 Å². The third-order valence-electron chi connectivity index (χ3n) is 4.16. The maximum atomic E-state index is 12.2. The van der Waals surface area contributed by atoms with Gasteiger partial charge in [-0.05, 0) is 31.2 Å².